The summed E-state index contributed by atoms with van der Waals surface area (Å²) in [6, 6.07) is 7.97. The number of para-hydroxylation sites is 1. The maximum Gasteiger partial charge on any atom is 0.133 e. The van der Waals surface area contributed by atoms with Crippen molar-refractivity contribution in [3.63, 3.8) is 0 Å². The second kappa shape index (κ2) is 10.7. The summed E-state index contributed by atoms with van der Waals surface area (Å²) in [6.45, 7) is 5.11. The predicted molar refractivity (Wildman–Crippen MR) is 83.9 cm³/mol. The van der Waals surface area contributed by atoms with Crippen LogP contribution < -0.4 is 4.74 Å². The van der Waals surface area contributed by atoms with Crippen LogP contribution >= 0.6 is 28.3 Å². The lowest BCUT2D eigenvalue weighted by atomic mass is 10.2. The minimum atomic E-state index is 0. The van der Waals surface area contributed by atoms with Crippen LogP contribution in [-0.2, 0) is 0 Å². The molecule has 1 rings (SSSR count). The topological polar surface area (TPSA) is 12.5 Å². The molecule has 0 aliphatic rings. The molecule has 0 N–H and O–H groups in total. The fraction of sp³-hybridized carbons (Fsp3) is 0.571. The minimum Gasteiger partial charge on any atom is -0.491 e. The van der Waals surface area contributed by atoms with E-state index in [0.29, 0.717) is 0 Å². The number of hydrogen-bond acceptors (Lipinski definition) is 2. The van der Waals surface area contributed by atoms with E-state index in [-0.39, 0.29) is 12.4 Å². The molecule has 2 nitrogen and oxygen atoms in total. The van der Waals surface area contributed by atoms with Crippen LogP contribution in [0.2, 0.25) is 0 Å². The van der Waals surface area contributed by atoms with Crippen molar-refractivity contribution in [3.8, 4) is 5.75 Å². The quantitative estimate of drug-likeness (QED) is 0.654. The van der Waals surface area contributed by atoms with Gasteiger partial charge in [-0.3, -0.25) is 0 Å². The number of unbranched alkanes of at least 4 members (excludes halogenated alkanes) is 2. The number of likely N-dealkylation sites (N-methyl/N-ethyl adjacent to an activating group) is 1. The summed E-state index contributed by atoms with van der Waals surface area (Å²) in [5.74, 6) is 0.925. The Bertz CT molecular complexity index is 322. The Morgan fingerprint density at radius 1 is 1.17 bits per heavy atom. The molecule has 0 fully saturated rings. The van der Waals surface area contributed by atoms with Crippen LogP contribution in [0.5, 0.6) is 5.75 Å². The number of rotatable bonds is 8. The van der Waals surface area contributed by atoms with E-state index in [0.717, 1.165) is 29.9 Å². The number of benzene rings is 1. The number of halogens is 2. The SMILES string of the molecule is CCCCCN(C)CCOc1ccccc1Br.Cl. The van der Waals surface area contributed by atoms with Crippen molar-refractivity contribution in [1.29, 1.82) is 0 Å². The zero-order valence-corrected chi connectivity index (χ0v) is 13.6. The average molecular weight is 337 g/mol. The van der Waals surface area contributed by atoms with Crippen LogP contribution in [0.3, 0.4) is 0 Å². The molecule has 1 aromatic rings. The monoisotopic (exact) mass is 335 g/mol. The Hall–Kier alpha value is -0.250. The molecular formula is C14H23BrClNO. The van der Waals surface area contributed by atoms with E-state index in [4.69, 9.17) is 4.74 Å². The maximum absolute atomic E-state index is 5.73. The van der Waals surface area contributed by atoms with E-state index in [2.05, 4.69) is 34.8 Å². The number of hydrogen-bond donors (Lipinski definition) is 0. The van der Waals surface area contributed by atoms with Gasteiger partial charge in [0.15, 0.2) is 0 Å². The zero-order valence-electron chi connectivity index (χ0n) is 11.2. The van der Waals surface area contributed by atoms with E-state index in [1.54, 1.807) is 0 Å². The van der Waals surface area contributed by atoms with Gasteiger partial charge in [-0.15, -0.1) is 12.4 Å². The van der Waals surface area contributed by atoms with Crippen molar-refractivity contribution in [1.82, 2.24) is 4.90 Å². The van der Waals surface area contributed by atoms with Crippen molar-refractivity contribution >= 4 is 28.3 Å². The molecule has 4 heteroatoms. The number of nitrogens with zero attached hydrogens (tertiary/aromatic N) is 1. The molecule has 0 saturated carbocycles. The van der Waals surface area contributed by atoms with Crippen LogP contribution in [0.4, 0.5) is 0 Å². The summed E-state index contributed by atoms with van der Waals surface area (Å²) >= 11 is 3.48. The molecule has 0 bridgehead atoms. The predicted octanol–water partition coefficient (Wildman–Crippen LogP) is 4.37. The highest BCUT2D eigenvalue weighted by molar-refractivity contribution is 9.10. The summed E-state index contributed by atoms with van der Waals surface area (Å²) in [4.78, 5) is 2.33. The first-order valence-corrected chi connectivity index (χ1v) is 7.09. The van der Waals surface area contributed by atoms with Crippen LogP contribution in [0, 0.1) is 0 Å². The van der Waals surface area contributed by atoms with Crippen LogP contribution in [0.25, 0.3) is 0 Å². The van der Waals surface area contributed by atoms with Gasteiger partial charge in [-0.1, -0.05) is 31.9 Å². The Kier molecular flexibility index (Phi) is 10.5. The lowest BCUT2D eigenvalue weighted by molar-refractivity contribution is 0.234. The Morgan fingerprint density at radius 3 is 2.56 bits per heavy atom. The first-order chi connectivity index (χ1) is 8.24. The van der Waals surface area contributed by atoms with Crippen LogP contribution in [0.15, 0.2) is 28.7 Å². The van der Waals surface area contributed by atoms with E-state index in [1.807, 2.05) is 24.3 Å². The van der Waals surface area contributed by atoms with Gasteiger partial charge in [0, 0.05) is 6.54 Å². The van der Waals surface area contributed by atoms with E-state index in [9.17, 15) is 0 Å². The molecule has 0 unspecified atom stereocenters. The molecule has 0 heterocycles. The highest BCUT2D eigenvalue weighted by atomic mass is 79.9. The van der Waals surface area contributed by atoms with Crippen molar-refractivity contribution in [2.45, 2.75) is 26.2 Å². The molecule has 0 aromatic heterocycles. The maximum atomic E-state index is 5.73. The van der Waals surface area contributed by atoms with Crippen molar-refractivity contribution in [2.24, 2.45) is 0 Å². The zero-order chi connectivity index (χ0) is 12.5. The normalized spacial score (nSPS) is 10.2. The van der Waals surface area contributed by atoms with Gasteiger partial charge in [-0.05, 0) is 48.1 Å². The van der Waals surface area contributed by atoms with Gasteiger partial charge in [0.25, 0.3) is 0 Å². The third kappa shape index (κ3) is 7.24. The lowest BCUT2D eigenvalue weighted by Gasteiger charge is -2.17. The van der Waals surface area contributed by atoms with Gasteiger partial charge in [0.1, 0.15) is 12.4 Å². The first kappa shape index (κ1) is 17.8. The average Bonchev–Trinajstić information content (AvgIpc) is 2.32. The number of ether oxygens (including phenoxy) is 1. The molecule has 0 aliphatic heterocycles. The molecule has 0 amide bonds. The smallest absolute Gasteiger partial charge is 0.133 e. The summed E-state index contributed by atoms with van der Waals surface area (Å²) in [6.07, 6.45) is 3.87. The van der Waals surface area contributed by atoms with Gasteiger partial charge in [0.2, 0.25) is 0 Å². The summed E-state index contributed by atoms with van der Waals surface area (Å²) < 4.78 is 6.75. The summed E-state index contributed by atoms with van der Waals surface area (Å²) in [7, 11) is 2.15. The highest BCUT2D eigenvalue weighted by Crippen LogP contribution is 2.23. The third-order valence-corrected chi connectivity index (χ3v) is 3.37. The van der Waals surface area contributed by atoms with Gasteiger partial charge in [0.05, 0.1) is 4.47 Å². The molecule has 0 atom stereocenters. The van der Waals surface area contributed by atoms with Crippen molar-refractivity contribution in [2.75, 3.05) is 26.7 Å². The van der Waals surface area contributed by atoms with Crippen molar-refractivity contribution in [3.05, 3.63) is 28.7 Å². The fourth-order valence-electron chi connectivity index (χ4n) is 1.62. The summed E-state index contributed by atoms with van der Waals surface area (Å²) in [5, 5.41) is 0. The molecule has 0 aliphatic carbocycles. The first-order valence-electron chi connectivity index (χ1n) is 6.30. The molecule has 0 radical (unpaired) electrons. The van der Waals surface area contributed by atoms with E-state index < -0.39 is 0 Å². The minimum absolute atomic E-state index is 0. The van der Waals surface area contributed by atoms with E-state index >= 15 is 0 Å². The van der Waals surface area contributed by atoms with Crippen LogP contribution in [0.1, 0.15) is 26.2 Å². The van der Waals surface area contributed by atoms with Crippen LogP contribution in [-0.4, -0.2) is 31.6 Å². The molecule has 18 heavy (non-hydrogen) atoms. The van der Waals surface area contributed by atoms with Gasteiger partial charge in [-0.2, -0.15) is 0 Å². The van der Waals surface area contributed by atoms with E-state index in [1.165, 1.54) is 19.3 Å². The standard InChI is InChI=1S/C14H22BrNO.ClH/c1-3-4-7-10-16(2)11-12-17-14-9-6-5-8-13(14)15;/h5-6,8-9H,3-4,7,10-12H2,1-2H3;1H. The largest absolute Gasteiger partial charge is 0.491 e. The molecule has 104 valence electrons. The molecule has 0 saturated heterocycles. The summed E-state index contributed by atoms with van der Waals surface area (Å²) in [5.41, 5.74) is 0. The molecular weight excluding hydrogens is 314 g/mol. The molecule has 1 aromatic carbocycles. The Balaban J connectivity index is 0.00000289. The Morgan fingerprint density at radius 2 is 1.89 bits per heavy atom. The fourth-order valence-corrected chi connectivity index (χ4v) is 2.02. The second-order valence-corrected chi connectivity index (χ2v) is 5.14. The van der Waals surface area contributed by atoms with Gasteiger partial charge < -0.3 is 9.64 Å². The Labute approximate surface area is 125 Å². The lowest BCUT2D eigenvalue weighted by Crippen LogP contribution is -2.25. The molecule has 0 spiro atoms. The third-order valence-electron chi connectivity index (χ3n) is 2.71. The van der Waals surface area contributed by atoms with Gasteiger partial charge in [-0.25, -0.2) is 0 Å². The second-order valence-electron chi connectivity index (χ2n) is 4.29. The van der Waals surface area contributed by atoms with Gasteiger partial charge >= 0.3 is 0 Å². The van der Waals surface area contributed by atoms with Crippen molar-refractivity contribution < 1.29 is 4.74 Å². The highest BCUT2D eigenvalue weighted by Gasteiger charge is 2.01.